The molecule has 0 spiro atoms. The Labute approximate surface area is 49.0 Å². The molecule has 1 N–H and O–H groups in total. The van der Waals surface area contributed by atoms with Crippen molar-refractivity contribution in [3.63, 3.8) is 0 Å². The van der Waals surface area contributed by atoms with Crippen molar-refractivity contribution in [2.24, 2.45) is 0 Å². The molecule has 0 aliphatic heterocycles. The molecule has 6 heteroatoms. The summed E-state index contributed by atoms with van der Waals surface area (Å²) in [5.74, 6) is 0. The standard InChI is InChI=1S/C2H2O5S/c3-1-6-8-7-2(4)5/h1H,(H,4,5). The van der Waals surface area contributed by atoms with Gasteiger partial charge in [-0.1, -0.05) is 0 Å². The molecule has 0 aromatic heterocycles. The summed E-state index contributed by atoms with van der Waals surface area (Å²) in [4.78, 5) is 18.7. The molecular formula is C2H2O5S. The number of hydrogen-bond acceptors (Lipinski definition) is 5. The minimum absolute atomic E-state index is 0.0631. The van der Waals surface area contributed by atoms with Crippen molar-refractivity contribution < 1.29 is 23.1 Å². The predicted octanol–water partition coefficient (Wildman–Crippen LogP) is 0.417. The summed E-state index contributed by atoms with van der Waals surface area (Å²) in [7, 11) is 0. The minimum atomic E-state index is -1.50. The van der Waals surface area contributed by atoms with Gasteiger partial charge >= 0.3 is 25.0 Å². The van der Waals surface area contributed by atoms with Gasteiger partial charge in [-0.05, 0) is 0 Å². The van der Waals surface area contributed by atoms with Gasteiger partial charge in [-0.2, -0.15) is 0 Å². The molecule has 0 amide bonds. The van der Waals surface area contributed by atoms with E-state index in [1.807, 2.05) is 0 Å². The molecule has 0 aromatic rings. The topological polar surface area (TPSA) is 72.8 Å². The van der Waals surface area contributed by atoms with Crippen molar-refractivity contribution in [1.29, 1.82) is 0 Å². The van der Waals surface area contributed by atoms with Crippen molar-refractivity contribution in [2.45, 2.75) is 0 Å². The Balaban J connectivity index is 2.93. The molecule has 0 bridgehead atoms. The van der Waals surface area contributed by atoms with E-state index in [2.05, 4.69) is 8.37 Å². The lowest BCUT2D eigenvalue weighted by Crippen LogP contribution is -1.91. The summed E-state index contributed by atoms with van der Waals surface area (Å²) >= 11 is 0.0937. The van der Waals surface area contributed by atoms with E-state index in [1.54, 1.807) is 0 Å². The molecule has 0 rings (SSSR count). The van der Waals surface area contributed by atoms with Crippen molar-refractivity contribution >= 4 is 25.0 Å². The third-order valence-corrected chi connectivity index (χ3v) is 0.552. The Morgan fingerprint density at radius 2 is 2.38 bits per heavy atom. The van der Waals surface area contributed by atoms with E-state index in [1.165, 1.54) is 0 Å². The molecule has 0 aromatic carbocycles. The smallest absolute Gasteiger partial charge is 0.449 e. The van der Waals surface area contributed by atoms with Gasteiger partial charge in [0.05, 0.1) is 0 Å². The summed E-state index contributed by atoms with van der Waals surface area (Å²) in [6.45, 7) is 0.0631. The van der Waals surface area contributed by atoms with Crippen LogP contribution in [0.1, 0.15) is 0 Å². The average molecular weight is 138 g/mol. The summed E-state index contributed by atoms with van der Waals surface area (Å²) in [6, 6.07) is 0. The summed E-state index contributed by atoms with van der Waals surface area (Å²) in [6.07, 6.45) is -1.50. The van der Waals surface area contributed by atoms with Gasteiger partial charge in [0.2, 0.25) is 0 Å². The first-order valence-electron chi connectivity index (χ1n) is 1.44. The Kier molecular flexibility index (Phi) is 3.77. The molecule has 0 aliphatic carbocycles. The summed E-state index contributed by atoms with van der Waals surface area (Å²) in [5.41, 5.74) is 0. The van der Waals surface area contributed by atoms with E-state index >= 15 is 0 Å². The van der Waals surface area contributed by atoms with Gasteiger partial charge in [0.15, 0.2) is 0 Å². The molecule has 0 heterocycles. The third kappa shape index (κ3) is 5.09. The van der Waals surface area contributed by atoms with E-state index in [9.17, 15) is 9.59 Å². The highest BCUT2D eigenvalue weighted by Gasteiger charge is 1.95. The Hall–Kier alpha value is -0.910. The van der Waals surface area contributed by atoms with Crippen LogP contribution in [-0.4, -0.2) is 17.7 Å². The molecule has 0 saturated heterocycles. The lowest BCUT2D eigenvalue weighted by molar-refractivity contribution is -0.119. The average Bonchev–Trinajstić information content (AvgIpc) is 1.66. The lowest BCUT2D eigenvalue weighted by Gasteiger charge is -1.88. The van der Waals surface area contributed by atoms with Gasteiger partial charge < -0.3 is 13.5 Å². The number of rotatable bonds is 3. The molecule has 0 atom stereocenters. The first-order chi connectivity index (χ1) is 3.77. The van der Waals surface area contributed by atoms with Crippen molar-refractivity contribution in [1.82, 2.24) is 0 Å². The number of carbonyl (C=O) groups excluding carboxylic acids is 1. The zero-order valence-electron chi connectivity index (χ0n) is 3.57. The van der Waals surface area contributed by atoms with Crippen LogP contribution in [0.15, 0.2) is 0 Å². The monoisotopic (exact) mass is 138 g/mol. The normalized spacial score (nSPS) is 7.50. The van der Waals surface area contributed by atoms with Crippen molar-refractivity contribution in [2.75, 3.05) is 0 Å². The fourth-order valence-corrected chi connectivity index (χ4v) is 0.194. The fourth-order valence-electron chi connectivity index (χ4n) is 0.0648. The van der Waals surface area contributed by atoms with Crippen LogP contribution >= 0.6 is 12.3 Å². The molecule has 0 saturated carbocycles. The highest BCUT2D eigenvalue weighted by atomic mass is 32.2. The predicted molar refractivity (Wildman–Crippen MR) is 23.8 cm³/mol. The minimum Gasteiger partial charge on any atom is -0.449 e. The molecule has 5 nitrogen and oxygen atoms in total. The molecule has 0 aliphatic rings. The van der Waals surface area contributed by atoms with Crippen LogP contribution in [0.2, 0.25) is 0 Å². The molecule has 8 heavy (non-hydrogen) atoms. The van der Waals surface area contributed by atoms with Crippen LogP contribution in [0.4, 0.5) is 4.79 Å². The second-order valence-corrected chi connectivity index (χ2v) is 1.10. The zero-order valence-corrected chi connectivity index (χ0v) is 4.38. The van der Waals surface area contributed by atoms with E-state index in [0.717, 1.165) is 0 Å². The second kappa shape index (κ2) is 4.25. The Bertz CT molecular complexity index is 90.4. The fraction of sp³-hybridized carbons (Fsp3) is 0. The first-order valence-corrected chi connectivity index (χ1v) is 2.10. The van der Waals surface area contributed by atoms with Crippen LogP contribution in [-0.2, 0) is 13.2 Å². The van der Waals surface area contributed by atoms with Gasteiger partial charge in [0.25, 0.3) is 0 Å². The quantitative estimate of drug-likeness (QED) is 0.346. The molecule has 0 radical (unpaired) electrons. The summed E-state index contributed by atoms with van der Waals surface area (Å²) < 4.78 is 7.44. The Morgan fingerprint density at radius 3 is 2.75 bits per heavy atom. The van der Waals surface area contributed by atoms with Crippen LogP contribution in [0.5, 0.6) is 0 Å². The van der Waals surface area contributed by atoms with Gasteiger partial charge in [0.1, 0.15) is 0 Å². The maximum absolute atomic E-state index is 9.44. The highest BCUT2D eigenvalue weighted by molar-refractivity contribution is 7.90. The van der Waals surface area contributed by atoms with Crippen LogP contribution in [0.3, 0.4) is 0 Å². The largest absolute Gasteiger partial charge is 0.520 e. The SMILES string of the molecule is O=COSOC(=O)O. The summed E-state index contributed by atoms with van der Waals surface area (Å²) in [5, 5.41) is 7.70. The number of carboxylic acid groups (broad SMARTS) is 1. The van der Waals surface area contributed by atoms with E-state index in [4.69, 9.17) is 5.11 Å². The van der Waals surface area contributed by atoms with E-state index in [-0.39, 0.29) is 18.8 Å². The molecule has 0 fully saturated rings. The first kappa shape index (κ1) is 7.09. The van der Waals surface area contributed by atoms with Gasteiger partial charge in [-0.3, -0.25) is 4.79 Å². The lowest BCUT2D eigenvalue weighted by atomic mass is 11.5. The Morgan fingerprint density at radius 1 is 1.75 bits per heavy atom. The maximum atomic E-state index is 9.44. The molecule has 46 valence electrons. The maximum Gasteiger partial charge on any atom is 0.520 e. The number of carbonyl (C=O) groups is 2. The van der Waals surface area contributed by atoms with Crippen LogP contribution in [0.25, 0.3) is 0 Å². The van der Waals surface area contributed by atoms with Gasteiger partial charge in [-0.15, -0.1) is 0 Å². The number of hydrogen-bond donors (Lipinski definition) is 1. The van der Waals surface area contributed by atoms with Crippen molar-refractivity contribution in [3.05, 3.63) is 0 Å². The van der Waals surface area contributed by atoms with Gasteiger partial charge in [-0.25, -0.2) is 4.79 Å². The van der Waals surface area contributed by atoms with E-state index < -0.39 is 6.16 Å². The van der Waals surface area contributed by atoms with Crippen molar-refractivity contribution in [3.8, 4) is 0 Å². The van der Waals surface area contributed by atoms with Gasteiger partial charge in [0, 0.05) is 0 Å². The van der Waals surface area contributed by atoms with Crippen LogP contribution < -0.4 is 0 Å². The molecular weight excluding hydrogens is 136 g/mol. The van der Waals surface area contributed by atoms with E-state index in [0.29, 0.717) is 0 Å². The highest BCUT2D eigenvalue weighted by Crippen LogP contribution is 2.00. The zero-order chi connectivity index (χ0) is 6.41. The molecule has 0 unspecified atom stereocenters. The third-order valence-electron chi connectivity index (χ3n) is 0.184. The second-order valence-electron chi connectivity index (χ2n) is 0.610. The van der Waals surface area contributed by atoms with Crippen LogP contribution in [0, 0.1) is 0 Å².